The molecular weight excluding hydrogens is 735 g/mol. The van der Waals surface area contributed by atoms with Crippen LogP contribution in [0.25, 0.3) is 33.4 Å². The lowest BCUT2D eigenvalue weighted by Gasteiger charge is -2.26. The summed E-state index contributed by atoms with van der Waals surface area (Å²) in [6.45, 7) is 7.42. The number of hydrogen-bond donors (Lipinski definition) is 3. The summed E-state index contributed by atoms with van der Waals surface area (Å²) < 4.78 is 16.8. The van der Waals surface area contributed by atoms with E-state index in [-0.39, 0.29) is 80.9 Å². The number of hydrogen-bond acceptors (Lipinski definition) is 13. The Labute approximate surface area is 314 Å². The molecule has 0 fully saturated rings. The Balaban J connectivity index is 2.21. The number of nitrogen functional groups attached to an aromatic ring is 1. The maximum Gasteiger partial charge on any atom is 0.338 e. The minimum atomic E-state index is -1.59. The number of phenolic OH excluding ortho intramolecular Hbond substituents is 1. The van der Waals surface area contributed by atoms with Crippen molar-refractivity contribution in [1.29, 1.82) is 0 Å². The highest BCUT2D eigenvalue weighted by molar-refractivity contribution is 6.33. The fourth-order valence-corrected chi connectivity index (χ4v) is 6.72. The number of nitro groups is 1. The van der Waals surface area contributed by atoms with E-state index >= 15 is 0 Å². The molecule has 0 aromatic heterocycles. The Kier molecular flexibility index (Phi) is 13.6. The van der Waals surface area contributed by atoms with Gasteiger partial charge in [0.1, 0.15) is 22.8 Å². The smallest absolute Gasteiger partial charge is 0.338 e. The normalized spacial score (nSPS) is 11.5. The number of nitrogens with zero attached hydrogens (tertiary/aromatic N) is 3. The minimum Gasteiger partial charge on any atom is -0.506 e. The van der Waals surface area contributed by atoms with Gasteiger partial charge in [-0.05, 0) is 58.0 Å². The first-order valence-electron chi connectivity index (χ1n) is 16.9. The molecule has 0 unspecified atom stereocenters. The molecule has 17 heteroatoms. The molecule has 4 rings (SSSR count). The summed E-state index contributed by atoms with van der Waals surface area (Å²) in [5.74, 6) is -3.47. The van der Waals surface area contributed by atoms with Gasteiger partial charge >= 0.3 is 17.9 Å². The van der Waals surface area contributed by atoms with Crippen molar-refractivity contribution in [1.82, 2.24) is 9.80 Å². The molecule has 0 saturated heterocycles. The Morgan fingerprint density at radius 3 is 2.02 bits per heavy atom. The first kappa shape index (κ1) is 40.8. The molecule has 0 spiro atoms. The number of ether oxygens (including phenoxy) is 2. The highest BCUT2D eigenvalue weighted by atomic mass is 35.5. The van der Waals surface area contributed by atoms with Gasteiger partial charge < -0.3 is 29.8 Å². The van der Waals surface area contributed by atoms with E-state index in [4.69, 9.17) is 42.8 Å². The number of aromatic carboxylic acids is 1. The standard InChI is InChI=1S/C36H40Cl2N4O11/c1-5-11-40(12-6-2)15-22-32(45)24(37)13-20-29(19-9-10-26(42(49)50)31(39)30(19)36(47)48)21-14-25(38)33(46)23(35(21)53-34(20)22)16-41(17-27(43)51-7-3)18-28(44)52-8-4/h9-10,13-14,46H,5-8,11-12,15-18,39H2,1-4H3,(H,47,48). The zero-order valence-corrected chi connectivity index (χ0v) is 31.1. The number of esters is 2. The van der Waals surface area contributed by atoms with Gasteiger partial charge in [0.2, 0.25) is 5.43 Å². The van der Waals surface area contributed by atoms with Crippen LogP contribution in [0, 0.1) is 10.1 Å². The first-order valence-corrected chi connectivity index (χ1v) is 17.6. The van der Waals surface area contributed by atoms with Crippen LogP contribution in [0.15, 0.2) is 33.5 Å². The number of nitro benzene ring substituents is 1. The van der Waals surface area contributed by atoms with E-state index in [2.05, 4.69) is 0 Å². The molecule has 53 heavy (non-hydrogen) atoms. The molecule has 0 bridgehead atoms. The van der Waals surface area contributed by atoms with Crippen LogP contribution in [0.2, 0.25) is 10.0 Å². The number of fused-ring (bicyclic) bond motifs is 2. The maximum atomic E-state index is 13.8. The molecule has 4 N–H and O–H groups in total. The third kappa shape index (κ3) is 8.82. The Hall–Kier alpha value is -4.96. The number of anilines is 1. The average Bonchev–Trinajstić information content (AvgIpc) is 3.08. The summed E-state index contributed by atoms with van der Waals surface area (Å²) in [5.41, 5.74) is 3.79. The van der Waals surface area contributed by atoms with Crippen LogP contribution >= 0.6 is 23.2 Å². The van der Waals surface area contributed by atoms with Crippen LogP contribution < -0.4 is 11.2 Å². The summed E-state index contributed by atoms with van der Waals surface area (Å²) >= 11 is 13.2. The minimum absolute atomic E-state index is 0.0160. The predicted molar refractivity (Wildman–Crippen MR) is 199 cm³/mol. The van der Waals surface area contributed by atoms with E-state index in [1.165, 1.54) is 23.1 Å². The highest BCUT2D eigenvalue weighted by Gasteiger charge is 2.32. The summed E-state index contributed by atoms with van der Waals surface area (Å²) in [6.07, 6.45) is 1.52. The highest BCUT2D eigenvalue weighted by Crippen LogP contribution is 2.49. The average molecular weight is 776 g/mol. The van der Waals surface area contributed by atoms with E-state index in [9.17, 15) is 39.5 Å². The predicted octanol–water partition coefficient (Wildman–Crippen LogP) is 6.32. The number of phenols is 1. The van der Waals surface area contributed by atoms with Gasteiger partial charge in [-0.3, -0.25) is 34.3 Å². The molecule has 15 nitrogen and oxygen atoms in total. The van der Waals surface area contributed by atoms with E-state index in [1.54, 1.807) is 13.8 Å². The number of carboxylic acids is 1. The molecule has 0 amide bonds. The number of aromatic hydroxyl groups is 1. The zero-order valence-electron chi connectivity index (χ0n) is 29.6. The van der Waals surface area contributed by atoms with Gasteiger partial charge in [0.25, 0.3) is 5.69 Å². The molecule has 2 aliphatic rings. The topological polar surface area (TPSA) is 216 Å². The Bertz CT molecular complexity index is 2060. The number of benzene rings is 3. The molecule has 0 atom stereocenters. The van der Waals surface area contributed by atoms with Crippen molar-refractivity contribution in [2.75, 3.05) is 45.1 Å². The first-order chi connectivity index (χ1) is 25.2. The molecule has 2 aromatic carbocycles. The van der Waals surface area contributed by atoms with Crippen molar-refractivity contribution in [2.45, 2.75) is 53.6 Å². The van der Waals surface area contributed by atoms with E-state index in [1.807, 2.05) is 18.7 Å². The Morgan fingerprint density at radius 1 is 0.906 bits per heavy atom. The summed E-state index contributed by atoms with van der Waals surface area (Å²) in [7, 11) is 0. The molecule has 2 aromatic rings. The van der Waals surface area contributed by atoms with Crippen molar-refractivity contribution in [3.05, 3.63) is 71.3 Å². The van der Waals surface area contributed by atoms with Crippen molar-refractivity contribution in [2.24, 2.45) is 0 Å². The van der Waals surface area contributed by atoms with Crippen LogP contribution in [0.4, 0.5) is 11.4 Å². The SMILES string of the molecule is CCCN(CCC)Cc1c2oc3c(CN(CC(=O)OCC)CC(=O)OCC)c(O)c(Cl)cc3c(-c3ccc([N+](=O)[O-])c(N)c3C(=O)O)c-2cc(Cl)c1=O. The quantitative estimate of drug-likeness (QED) is 0.0352. The number of halogens is 2. The third-order valence-electron chi connectivity index (χ3n) is 8.39. The van der Waals surface area contributed by atoms with Crippen molar-refractivity contribution in [3.8, 4) is 28.2 Å². The maximum absolute atomic E-state index is 13.8. The van der Waals surface area contributed by atoms with Gasteiger partial charge in [0, 0.05) is 41.2 Å². The van der Waals surface area contributed by atoms with Gasteiger partial charge in [-0.2, -0.15) is 0 Å². The second kappa shape index (κ2) is 17.7. The monoisotopic (exact) mass is 774 g/mol. The molecule has 284 valence electrons. The molecular formula is C36H40Cl2N4O11. The lowest BCUT2D eigenvalue weighted by molar-refractivity contribution is -0.383. The van der Waals surface area contributed by atoms with Crippen molar-refractivity contribution >= 4 is 63.5 Å². The lowest BCUT2D eigenvalue weighted by Crippen LogP contribution is -2.35. The second-order valence-corrected chi connectivity index (χ2v) is 12.9. The number of carbonyl (C=O) groups excluding carboxylic acids is 2. The van der Waals surface area contributed by atoms with Gasteiger partial charge in [-0.1, -0.05) is 37.0 Å². The summed E-state index contributed by atoms with van der Waals surface area (Å²) in [4.78, 5) is 66.3. The number of nitrogens with two attached hydrogens (primary N) is 1. The Morgan fingerprint density at radius 2 is 1.49 bits per heavy atom. The molecule has 0 radical (unpaired) electrons. The number of rotatable bonds is 17. The fourth-order valence-electron chi connectivity index (χ4n) is 6.28. The molecule has 1 aliphatic carbocycles. The fraction of sp³-hybridized carbons (Fsp3) is 0.389. The van der Waals surface area contributed by atoms with Crippen molar-refractivity contribution < 1.29 is 43.4 Å². The largest absolute Gasteiger partial charge is 0.506 e. The third-order valence-corrected chi connectivity index (χ3v) is 8.96. The van der Waals surface area contributed by atoms with E-state index in [0.29, 0.717) is 13.1 Å². The number of carbonyl (C=O) groups is 3. The summed E-state index contributed by atoms with van der Waals surface area (Å²) in [6, 6.07) is 4.87. The summed E-state index contributed by atoms with van der Waals surface area (Å²) in [5, 5.41) is 33.3. The second-order valence-electron chi connectivity index (χ2n) is 12.1. The lowest BCUT2D eigenvalue weighted by atomic mass is 9.87. The van der Waals surface area contributed by atoms with E-state index in [0.717, 1.165) is 18.9 Å². The van der Waals surface area contributed by atoms with Gasteiger partial charge in [0.05, 0.1) is 58.0 Å². The van der Waals surface area contributed by atoms with E-state index < -0.39 is 64.0 Å². The number of carboxylic acid groups (broad SMARTS) is 1. The molecule has 1 heterocycles. The molecule has 1 aliphatic heterocycles. The van der Waals surface area contributed by atoms with Crippen molar-refractivity contribution in [3.63, 3.8) is 0 Å². The van der Waals surface area contributed by atoms with Crippen LogP contribution in [0.3, 0.4) is 0 Å². The van der Waals surface area contributed by atoms with Crippen LogP contribution in [-0.4, -0.2) is 82.2 Å². The van der Waals surface area contributed by atoms with Gasteiger partial charge in [0.15, 0.2) is 0 Å². The van der Waals surface area contributed by atoms with Gasteiger partial charge in [-0.15, -0.1) is 0 Å². The van der Waals surface area contributed by atoms with Gasteiger partial charge in [-0.25, -0.2) is 4.79 Å². The van der Waals surface area contributed by atoms with Crippen LogP contribution in [0.5, 0.6) is 5.75 Å². The van der Waals surface area contributed by atoms with Crippen LogP contribution in [-0.2, 0) is 32.2 Å². The van der Waals surface area contributed by atoms with Crippen LogP contribution in [0.1, 0.15) is 62.0 Å². The zero-order chi connectivity index (χ0) is 39.1. The molecule has 0 saturated carbocycles.